The highest BCUT2D eigenvalue weighted by atomic mass is 32.1. The first kappa shape index (κ1) is 11.7. The molecular weight excluding hydrogens is 232 g/mol. The number of nitrogen functional groups attached to an aromatic ring is 1. The molecule has 0 fully saturated rings. The molecule has 3 nitrogen and oxygen atoms in total. The van der Waals surface area contributed by atoms with Crippen LogP contribution in [0.1, 0.15) is 20.8 Å². The number of nitrogens with one attached hydrogen (secondary N) is 1. The quantitative estimate of drug-likeness (QED) is 0.799. The van der Waals surface area contributed by atoms with Crippen molar-refractivity contribution in [3.05, 3.63) is 45.6 Å². The molecule has 0 aliphatic rings. The fraction of sp³-hybridized carbons (Fsp3) is 0.154. The molecule has 0 saturated heterocycles. The van der Waals surface area contributed by atoms with Crippen molar-refractivity contribution in [2.75, 3.05) is 11.1 Å². The molecule has 2 rings (SSSR count). The normalized spacial score (nSPS) is 10.2. The highest BCUT2D eigenvalue weighted by molar-refractivity contribution is 7.12. The largest absolute Gasteiger partial charge is 0.398 e. The number of carbonyl (C=O) groups is 1. The summed E-state index contributed by atoms with van der Waals surface area (Å²) in [6.07, 6.45) is 0. The maximum Gasteiger partial charge on any atom is 0.265 e. The van der Waals surface area contributed by atoms with Gasteiger partial charge in [-0.15, -0.1) is 11.3 Å². The van der Waals surface area contributed by atoms with Gasteiger partial charge in [-0.2, -0.15) is 0 Å². The zero-order chi connectivity index (χ0) is 12.4. The lowest BCUT2D eigenvalue weighted by atomic mass is 10.1. The van der Waals surface area contributed by atoms with Gasteiger partial charge in [-0.3, -0.25) is 4.79 Å². The minimum Gasteiger partial charge on any atom is -0.398 e. The second kappa shape index (κ2) is 4.59. The van der Waals surface area contributed by atoms with E-state index in [1.165, 1.54) is 11.3 Å². The van der Waals surface area contributed by atoms with E-state index in [-0.39, 0.29) is 5.91 Å². The minimum absolute atomic E-state index is 0.0913. The lowest BCUT2D eigenvalue weighted by Gasteiger charge is -2.10. The van der Waals surface area contributed by atoms with Crippen LogP contribution in [-0.2, 0) is 0 Å². The Balaban J connectivity index is 2.25. The monoisotopic (exact) mass is 246 g/mol. The molecule has 0 saturated carbocycles. The summed E-state index contributed by atoms with van der Waals surface area (Å²) >= 11 is 1.42. The number of nitrogens with two attached hydrogens (primary N) is 1. The molecule has 2 aromatic rings. The molecule has 0 atom stereocenters. The molecule has 0 radical (unpaired) electrons. The summed E-state index contributed by atoms with van der Waals surface area (Å²) in [7, 11) is 0. The van der Waals surface area contributed by atoms with E-state index in [0.717, 1.165) is 16.8 Å². The van der Waals surface area contributed by atoms with Crippen molar-refractivity contribution in [2.24, 2.45) is 0 Å². The van der Waals surface area contributed by atoms with Crippen molar-refractivity contribution in [3.63, 3.8) is 0 Å². The van der Waals surface area contributed by atoms with Crippen molar-refractivity contribution in [1.82, 2.24) is 0 Å². The second-order valence-corrected chi connectivity index (χ2v) is 4.90. The summed E-state index contributed by atoms with van der Waals surface area (Å²) in [5.74, 6) is -0.0913. The van der Waals surface area contributed by atoms with E-state index in [1.54, 1.807) is 12.1 Å². The number of hydrogen-bond acceptors (Lipinski definition) is 3. The molecule has 88 valence electrons. The fourth-order valence-electron chi connectivity index (χ4n) is 1.60. The van der Waals surface area contributed by atoms with Crippen LogP contribution in [-0.4, -0.2) is 5.91 Å². The molecular formula is C13H14N2OS. The lowest BCUT2D eigenvalue weighted by molar-refractivity contribution is 0.103. The Labute approximate surface area is 104 Å². The van der Waals surface area contributed by atoms with Crippen LogP contribution in [0.2, 0.25) is 0 Å². The number of thiophene rings is 1. The van der Waals surface area contributed by atoms with E-state index in [9.17, 15) is 4.79 Å². The summed E-state index contributed by atoms with van der Waals surface area (Å²) in [5.41, 5.74) is 9.34. The van der Waals surface area contributed by atoms with Gasteiger partial charge in [0.1, 0.15) is 0 Å². The molecule has 0 bridgehead atoms. The fourth-order valence-corrected chi connectivity index (χ4v) is 2.21. The van der Waals surface area contributed by atoms with Crippen LogP contribution in [0.4, 0.5) is 11.4 Å². The zero-order valence-electron chi connectivity index (χ0n) is 9.78. The molecule has 4 heteroatoms. The molecule has 1 aromatic carbocycles. The van der Waals surface area contributed by atoms with Crippen LogP contribution in [0.15, 0.2) is 29.6 Å². The predicted molar refractivity (Wildman–Crippen MR) is 72.6 cm³/mol. The van der Waals surface area contributed by atoms with E-state index in [4.69, 9.17) is 5.73 Å². The number of aryl methyl sites for hydroxylation is 2. The first-order valence-corrected chi connectivity index (χ1v) is 6.17. The Morgan fingerprint density at radius 3 is 2.71 bits per heavy atom. The predicted octanol–water partition coefficient (Wildman–Crippen LogP) is 3.20. The topological polar surface area (TPSA) is 55.1 Å². The molecule has 1 aromatic heterocycles. The Kier molecular flexibility index (Phi) is 3.15. The van der Waals surface area contributed by atoms with Gasteiger partial charge in [0.25, 0.3) is 5.91 Å². The molecule has 17 heavy (non-hydrogen) atoms. The molecule has 0 aliphatic heterocycles. The van der Waals surface area contributed by atoms with Gasteiger partial charge in [0.2, 0.25) is 0 Å². The van der Waals surface area contributed by atoms with Gasteiger partial charge < -0.3 is 11.1 Å². The summed E-state index contributed by atoms with van der Waals surface area (Å²) < 4.78 is 0. The number of benzene rings is 1. The Morgan fingerprint density at radius 1 is 1.29 bits per heavy atom. The van der Waals surface area contributed by atoms with Gasteiger partial charge in [0.05, 0.1) is 4.88 Å². The Hall–Kier alpha value is -1.81. The van der Waals surface area contributed by atoms with E-state index >= 15 is 0 Å². The molecule has 0 unspecified atom stereocenters. The summed E-state index contributed by atoms with van der Waals surface area (Å²) in [4.78, 5) is 12.6. The van der Waals surface area contributed by atoms with Crippen LogP contribution in [0.5, 0.6) is 0 Å². The van der Waals surface area contributed by atoms with E-state index in [1.807, 2.05) is 31.4 Å². The SMILES string of the molecule is Cc1cc(C)c(NC(=O)c2cccs2)cc1N. The van der Waals surface area contributed by atoms with Crippen LogP contribution in [0.3, 0.4) is 0 Å². The Bertz CT molecular complexity index is 547. The van der Waals surface area contributed by atoms with Crippen molar-refractivity contribution in [3.8, 4) is 0 Å². The van der Waals surface area contributed by atoms with Crippen LogP contribution in [0.25, 0.3) is 0 Å². The van der Waals surface area contributed by atoms with E-state index in [2.05, 4.69) is 5.32 Å². The summed E-state index contributed by atoms with van der Waals surface area (Å²) in [5, 5.41) is 4.75. The third-order valence-electron chi connectivity index (χ3n) is 2.61. The van der Waals surface area contributed by atoms with Gasteiger partial charge in [0.15, 0.2) is 0 Å². The van der Waals surface area contributed by atoms with Crippen LogP contribution in [0, 0.1) is 13.8 Å². The number of anilines is 2. The summed E-state index contributed by atoms with van der Waals surface area (Å²) in [6, 6.07) is 7.43. The van der Waals surface area contributed by atoms with Gasteiger partial charge >= 0.3 is 0 Å². The number of amides is 1. The average Bonchev–Trinajstić information content (AvgIpc) is 2.79. The first-order chi connectivity index (χ1) is 8.08. The standard InChI is InChI=1S/C13H14N2OS/c1-8-6-9(2)11(7-10(8)14)15-13(16)12-4-3-5-17-12/h3-7H,14H2,1-2H3,(H,15,16). The number of carbonyl (C=O) groups excluding carboxylic acids is 1. The maximum atomic E-state index is 11.9. The maximum absolute atomic E-state index is 11.9. The smallest absolute Gasteiger partial charge is 0.265 e. The highest BCUT2D eigenvalue weighted by Crippen LogP contribution is 2.23. The zero-order valence-corrected chi connectivity index (χ0v) is 10.6. The van der Waals surface area contributed by atoms with Gasteiger partial charge in [-0.05, 0) is 42.5 Å². The number of rotatable bonds is 2. The molecule has 3 N–H and O–H groups in total. The van der Waals surface area contributed by atoms with Gasteiger partial charge in [0, 0.05) is 11.4 Å². The highest BCUT2D eigenvalue weighted by Gasteiger charge is 2.09. The molecule has 0 spiro atoms. The molecule has 1 heterocycles. The third-order valence-corrected chi connectivity index (χ3v) is 3.47. The van der Waals surface area contributed by atoms with Crippen LogP contribution >= 0.6 is 11.3 Å². The van der Waals surface area contributed by atoms with Crippen molar-refractivity contribution in [1.29, 1.82) is 0 Å². The van der Waals surface area contributed by atoms with Crippen molar-refractivity contribution in [2.45, 2.75) is 13.8 Å². The molecule has 1 amide bonds. The second-order valence-electron chi connectivity index (χ2n) is 3.96. The number of hydrogen-bond donors (Lipinski definition) is 2. The lowest BCUT2D eigenvalue weighted by Crippen LogP contribution is -2.11. The molecule has 0 aliphatic carbocycles. The van der Waals surface area contributed by atoms with Crippen molar-refractivity contribution >= 4 is 28.6 Å². The van der Waals surface area contributed by atoms with Crippen LogP contribution < -0.4 is 11.1 Å². The third kappa shape index (κ3) is 2.47. The Morgan fingerprint density at radius 2 is 2.06 bits per heavy atom. The minimum atomic E-state index is -0.0913. The van der Waals surface area contributed by atoms with Crippen molar-refractivity contribution < 1.29 is 4.79 Å². The van der Waals surface area contributed by atoms with E-state index < -0.39 is 0 Å². The summed E-state index contributed by atoms with van der Waals surface area (Å²) in [6.45, 7) is 3.91. The average molecular weight is 246 g/mol. The van der Waals surface area contributed by atoms with Gasteiger partial charge in [-0.1, -0.05) is 12.1 Å². The first-order valence-electron chi connectivity index (χ1n) is 5.29. The van der Waals surface area contributed by atoms with E-state index in [0.29, 0.717) is 10.6 Å². The van der Waals surface area contributed by atoms with Gasteiger partial charge in [-0.25, -0.2) is 0 Å².